The van der Waals surface area contributed by atoms with E-state index >= 15 is 0 Å². The summed E-state index contributed by atoms with van der Waals surface area (Å²) in [7, 11) is 1.62. The monoisotopic (exact) mass is 483 g/mol. The molecule has 0 N–H and O–H groups in total. The number of halogens is 1. The van der Waals surface area contributed by atoms with Crippen LogP contribution in [0.1, 0.15) is 63.4 Å². The highest BCUT2D eigenvalue weighted by atomic mass is 35.5. The fraction of sp³-hybridized carbons (Fsp3) is 0.444. The molecule has 0 aliphatic rings. The average Bonchev–Trinajstić information content (AvgIpc) is 2.82. The molecule has 0 aliphatic heterocycles. The highest BCUT2D eigenvalue weighted by Gasteiger charge is 2.26. The summed E-state index contributed by atoms with van der Waals surface area (Å²) in [6.07, 6.45) is 4.55. The van der Waals surface area contributed by atoms with Crippen LogP contribution in [0.5, 0.6) is 0 Å². The zero-order valence-corrected chi connectivity index (χ0v) is 21.3. The van der Waals surface area contributed by atoms with Gasteiger partial charge in [-0.1, -0.05) is 55.5 Å². The van der Waals surface area contributed by atoms with E-state index in [9.17, 15) is 9.59 Å². The Morgan fingerprint density at radius 3 is 2.56 bits per heavy atom. The molecular weight excluding hydrogens is 450 g/mol. The minimum atomic E-state index is -0.439. The van der Waals surface area contributed by atoms with Gasteiger partial charge in [0, 0.05) is 25.1 Å². The fourth-order valence-corrected chi connectivity index (χ4v) is 4.28. The number of fused-ring (bicyclic) bond motifs is 1. The third-order valence-electron chi connectivity index (χ3n) is 6.09. The van der Waals surface area contributed by atoms with Gasteiger partial charge in [0.05, 0.1) is 29.2 Å². The third kappa shape index (κ3) is 6.05. The Morgan fingerprint density at radius 2 is 1.88 bits per heavy atom. The van der Waals surface area contributed by atoms with Crippen molar-refractivity contribution in [3.8, 4) is 5.69 Å². The maximum absolute atomic E-state index is 13.7. The van der Waals surface area contributed by atoms with Crippen molar-refractivity contribution >= 4 is 28.4 Å². The second-order valence-corrected chi connectivity index (χ2v) is 9.11. The van der Waals surface area contributed by atoms with Crippen LogP contribution in [-0.4, -0.2) is 40.6 Å². The van der Waals surface area contributed by atoms with E-state index in [0.29, 0.717) is 47.0 Å². The summed E-state index contributed by atoms with van der Waals surface area (Å²) in [6, 6.07) is 12.4. The molecule has 0 saturated carbocycles. The van der Waals surface area contributed by atoms with E-state index in [1.807, 2.05) is 38.1 Å². The molecule has 1 heterocycles. The first-order chi connectivity index (χ1) is 16.4. The number of carbonyl (C=O) groups is 1. The molecular formula is C27H34ClN3O3. The van der Waals surface area contributed by atoms with E-state index in [1.165, 1.54) is 0 Å². The number of aryl methyl sites for hydroxylation is 1. The number of hydrogen-bond donors (Lipinski definition) is 0. The second-order valence-electron chi connectivity index (χ2n) is 8.67. The lowest BCUT2D eigenvalue weighted by molar-refractivity contribution is -0.134. The molecule has 1 unspecified atom stereocenters. The zero-order valence-electron chi connectivity index (χ0n) is 20.5. The average molecular weight is 484 g/mol. The summed E-state index contributed by atoms with van der Waals surface area (Å²) in [5.41, 5.74) is 2.14. The van der Waals surface area contributed by atoms with E-state index in [1.54, 1.807) is 34.8 Å². The Bertz CT molecular complexity index is 1170. The molecule has 1 atom stereocenters. The van der Waals surface area contributed by atoms with Crippen LogP contribution in [-0.2, 0) is 9.53 Å². The van der Waals surface area contributed by atoms with Gasteiger partial charge in [-0.2, -0.15) is 0 Å². The molecule has 2 aromatic carbocycles. The van der Waals surface area contributed by atoms with E-state index < -0.39 is 6.04 Å². The predicted octanol–water partition coefficient (Wildman–Crippen LogP) is 5.85. The SMILES string of the molecule is CCCCCCC(=O)N(CCOC)C(C)c1nc2cc(Cl)ccc2c(=O)n1-c1ccc(C)cc1. The van der Waals surface area contributed by atoms with Crippen LogP contribution < -0.4 is 5.56 Å². The quantitative estimate of drug-likeness (QED) is 0.321. The normalized spacial score (nSPS) is 12.1. The first-order valence-electron chi connectivity index (χ1n) is 11.9. The summed E-state index contributed by atoms with van der Waals surface area (Å²) in [6.45, 7) is 6.89. The Balaban J connectivity index is 2.11. The minimum Gasteiger partial charge on any atom is -0.383 e. The summed E-state index contributed by atoms with van der Waals surface area (Å²) in [4.78, 5) is 33.5. The first-order valence-corrected chi connectivity index (χ1v) is 12.3. The van der Waals surface area contributed by atoms with Crippen LogP contribution in [0.25, 0.3) is 16.6 Å². The molecule has 182 valence electrons. The number of nitrogens with zero attached hydrogens (tertiary/aromatic N) is 3. The number of hydrogen-bond acceptors (Lipinski definition) is 4. The van der Waals surface area contributed by atoms with Crippen LogP contribution in [0, 0.1) is 6.92 Å². The molecule has 34 heavy (non-hydrogen) atoms. The van der Waals surface area contributed by atoms with E-state index in [2.05, 4.69) is 6.92 Å². The Hall–Kier alpha value is -2.70. The number of aromatic nitrogens is 2. The molecule has 0 spiro atoms. The van der Waals surface area contributed by atoms with Crippen molar-refractivity contribution in [1.29, 1.82) is 0 Å². The van der Waals surface area contributed by atoms with Crippen molar-refractivity contribution in [3.05, 3.63) is 69.2 Å². The lowest BCUT2D eigenvalue weighted by Crippen LogP contribution is -2.39. The van der Waals surface area contributed by atoms with E-state index in [-0.39, 0.29) is 11.5 Å². The maximum atomic E-state index is 13.7. The molecule has 0 fully saturated rings. The standard InChI is InChI=1S/C27H34ClN3O3/c1-5-6-7-8-9-25(32)30(16-17-34-4)20(3)26-29-24-18-21(28)12-15-23(24)27(33)31(26)22-13-10-19(2)11-14-22/h10-15,18,20H,5-9,16-17H2,1-4H3. The van der Waals surface area contributed by atoms with Gasteiger partial charge < -0.3 is 9.64 Å². The van der Waals surface area contributed by atoms with Gasteiger partial charge in [-0.3, -0.25) is 14.2 Å². The van der Waals surface area contributed by atoms with Crippen molar-refractivity contribution in [2.45, 2.75) is 58.9 Å². The van der Waals surface area contributed by atoms with Crippen LogP contribution in [0.15, 0.2) is 47.3 Å². The molecule has 0 aliphatic carbocycles. The van der Waals surface area contributed by atoms with Crippen LogP contribution in [0.2, 0.25) is 5.02 Å². The Kier molecular flexibility index (Phi) is 9.25. The fourth-order valence-electron chi connectivity index (χ4n) is 4.11. The number of unbranched alkanes of at least 4 members (excludes halogenated alkanes) is 3. The lowest BCUT2D eigenvalue weighted by atomic mass is 10.1. The van der Waals surface area contributed by atoms with Gasteiger partial charge in [0.1, 0.15) is 5.82 Å². The second kappa shape index (κ2) is 12.1. The molecule has 3 aromatic rings. The Morgan fingerprint density at radius 1 is 1.15 bits per heavy atom. The highest BCUT2D eigenvalue weighted by Crippen LogP contribution is 2.25. The van der Waals surface area contributed by atoms with Crippen molar-refractivity contribution in [2.24, 2.45) is 0 Å². The summed E-state index contributed by atoms with van der Waals surface area (Å²) >= 11 is 6.21. The third-order valence-corrected chi connectivity index (χ3v) is 6.33. The van der Waals surface area contributed by atoms with Gasteiger partial charge in [-0.15, -0.1) is 0 Å². The van der Waals surface area contributed by atoms with Crippen molar-refractivity contribution < 1.29 is 9.53 Å². The molecule has 3 rings (SSSR count). The lowest BCUT2D eigenvalue weighted by Gasteiger charge is -2.30. The van der Waals surface area contributed by atoms with Gasteiger partial charge >= 0.3 is 0 Å². The van der Waals surface area contributed by atoms with E-state index in [0.717, 1.165) is 31.2 Å². The van der Waals surface area contributed by atoms with Gasteiger partial charge in [0.2, 0.25) is 5.91 Å². The first kappa shape index (κ1) is 25.9. The summed E-state index contributed by atoms with van der Waals surface area (Å²) < 4.78 is 6.90. The number of benzene rings is 2. The van der Waals surface area contributed by atoms with Crippen molar-refractivity contribution in [1.82, 2.24) is 14.5 Å². The molecule has 7 heteroatoms. The number of amides is 1. The zero-order chi connectivity index (χ0) is 24.7. The highest BCUT2D eigenvalue weighted by molar-refractivity contribution is 6.31. The number of rotatable bonds is 11. The largest absolute Gasteiger partial charge is 0.383 e. The van der Waals surface area contributed by atoms with Crippen molar-refractivity contribution in [2.75, 3.05) is 20.3 Å². The predicted molar refractivity (Wildman–Crippen MR) is 138 cm³/mol. The molecule has 1 amide bonds. The minimum absolute atomic E-state index is 0.0385. The molecule has 0 saturated heterocycles. The Labute approximate surface area is 206 Å². The van der Waals surface area contributed by atoms with Gasteiger partial charge in [0.15, 0.2) is 0 Å². The molecule has 0 bridgehead atoms. The van der Waals surface area contributed by atoms with E-state index in [4.69, 9.17) is 21.3 Å². The molecule has 0 radical (unpaired) electrons. The molecule has 1 aromatic heterocycles. The number of methoxy groups -OCH3 is 1. The topological polar surface area (TPSA) is 64.4 Å². The maximum Gasteiger partial charge on any atom is 0.266 e. The van der Waals surface area contributed by atoms with Crippen LogP contribution in [0.3, 0.4) is 0 Å². The summed E-state index contributed by atoms with van der Waals surface area (Å²) in [5.74, 6) is 0.540. The van der Waals surface area contributed by atoms with Gasteiger partial charge in [-0.25, -0.2) is 4.98 Å². The number of ether oxygens (including phenoxy) is 1. The number of carbonyl (C=O) groups excluding carboxylic acids is 1. The van der Waals surface area contributed by atoms with Gasteiger partial charge in [-0.05, 0) is 50.6 Å². The van der Waals surface area contributed by atoms with Gasteiger partial charge in [0.25, 0.3) is 5.56 Å². The van der Waals surface area contributed by atoms with Crippen LogP contribution >= 0.6 is 11.6 Å². The summed E-state index contributed by atoms with van der Waals surface area (Å²) in [5, 5.41) is 0.990. The van der Waals surface area contributed by atoms with Crippen molar-refractivity contribution in [3.63, 3.8) is 0 Å². The molecule has 6 nitrogen and oxygen atoms in total. The smallest absolute Gasteiger partial charge is 0.266 e. The van der Waals surface area contributed by atoms with Crippen LogP contribution in [0.4, 0.5) is 0 Å².